The molecule has 3 aliphatic rings. The molecule has 0 unspecified atom stereocenters. The normalized spacial score (nSPS) is 28.3. The van der Waals surface area contributed by atoms with E-state index in [-0.39, 0.29) is 23.4 Å². The molecular formula is C22H29N3O4S. The van der Waals surface area contributed by atoms with Crippen LogP contribution in [0.1, 0.15) is 44.6 Å². The highest BCUT2D eigenvalue weighted by molar-refractivity contribution is 7.88. The lowest BCUT2D eigenvalue weighted by molar-refractivity contribution is -0.135. The van der Waals surface area contributed by atoms with Crippen molar-refractivity contribution < 1.29 is 17.9 Å². The topological polar surface area (TPSA) is 79.3 Å². The summed E-state index contributed by atoms with van der Waals surface area (Å²) in [7, 11) is -1.04. The van der Waals surface area contributed by atoms with E-state index >= 15 is 0 Å². The molecule has 162 valence electrons. The second-order valence-corrected chi connectivity index (χ2v) is 10.1. The molecule has 3 atom stereocenters. The molecule has 1 aromatic rings. The van der Waals surface area contributed by atoms with Gasteiger partial charge in [-0.05, 0) is 49.3 Å². The van der Waals surface area contributed by atoms with E-state index in [1.807, 2.05) is 4.90 Å². The van der Waals surface area contributed by atoms with E-state index in [4.69, 9.17) is 4.74 Å². The van der Waals surface area contributed by atoms with Gasteiger partial charge in [-0.25, -0.2) is 4.31 Å². The number of ether oxygens (including phenoxy) is 1. The molecule has 2 heterocycles. The number of likely N-dealkylation sites (N-methyl/N-ethyl adjacent to an activating group) is 1. The molecular weight excluding hydrogens is 402 g/mol. The molecule has 8 heteroatoms. The van der Waals surface area contributed by atoms with Crippen LogP contribution in [0.5, 0.6) is 5.75 Å². The molecule has 7 nitrogen and oxygen atoms in total. The number of hydrogen-bond acceptors (Lipinski definition) is 4. The zero-order chi connectivity index (χ0) is 21.5. The van der Waals surface area contributed by atoms with Crippen LogP contribution in [-0.2, 0) is 15.0 Å². The van der Waals surface area contributed by atoms with Crippen LogP contribution in [0.3, 0.4) is 0 Å². The quantitative estimate of drug-likeness (QED) is 0.737. The number of benzene rings is 1. The monoisotopic (exact) mass is 431 g/mol. The molecule has 1 saturated carbocycles. The summed E-state index contributed by atoms with van der Waals surface area (Å²) >= 11 is 0. The third kappa shape index (κ3) is 3.73. The number of carbonyl (C=O) groups is 1. The number of amides is 1. The first-order valence-corrected chi connectivity index (χ1v) is 12.0. The van der Waals surface area contributed by atoms with Crippen molar-refractivity contribution in [3.05, 3.63) is 41.6 Å². The second kappa shape index (κ2) is 8.06. The highest BCUT2D eigenvalue weighted by Gasteiger charge is 2.42. The summed E-state index contributed by atoms with van der Waals surface area (Å²) in [4.78, 5) is 15.5. The molecule has 0 spiro atoms. The molecule has 1 amide bonds. The van der Waals surface area contributed by atoms with Gasteiger partial charge in [0.2, 0.25) is 0 Å². The minimum atomic E-state index is -3.99. The van der Waals surface area contributed by atoms with Gasteiger partial charge in [0.15, 0.2) is 0 Å². The van der Waals surface area contributed by atoms with Gasteiger partial charge < -0.3 is 9.64 Å². The van der Waals surface area contributed by atoms with Gasteiger partial charge in [-0.15, -0.1) is 4.40 Å². The third-order valence-electron chi connectivity index (χ3n) is 6.76. The van der Waals surface area contributed by atoms with Gasteiger partial charge in [0.05, 0.1) is 12.8 Å². The summed E-state index contributed by atoms with van der Waals surface area (Å²) in [5, 5.41) is 0. The number of likely N-dealkylation sites (tertiary alicyclic amines) is 1. The van der Waals surface area contributed by atoms with Crippen molar-refractivity contribution >= 4 is 21.8 Å². The van der Waals surface area contributed by atoms with Crippen LogP contribution < -0.4 is 4.74 Å². The fourth-order valence-electron chi connectivity index (χ4n) is 4.98. The predicted octanol–water partition coefficient (Wildman–Crippen LogP) is 2.99. The maximum absolute atomic E-state index is 13.6. The zero-order valence-corrected chi connectivity index (χ0v) is 18.6. The smallest absolute Gasteiger partial charge is 0.345 e. The summed E-state index contributed by atoms with van der Waals surface area (Å²) in [5.41, 5.74) is 1.00. The first-order chi connectivity index (χ1) is 14.3. The van der Waals surface area contributed by atoms with E-state index in [0.29, 0.717) is 29.7 Å². The van der Waals surface area contributed by atoms with Gasteiger partial charge in [-0.1, -0.05) is 31.9 Å². The Labute approximate surface area is 178 Å². The lowest BCUT2D eigenvalue weighted by Gasteiger charge is -2.47. The highest BCUT2D eigenvalue weighted by Crippen LogP contribution is 2.39. The van der Waals surface area contributed by atoms with Crippen molar-refractivity contribution in [3.8, 4) is 5.75 Å². The Morgan fingerprint density at radius 2 is 1.97 bits per heavy atom. The van der Waals surface area contributed by atoms with Gasteiger partial charge in [0.25, 0.3) is 5.91 Å². The number of carbonyl (C=O) groups excluding carboxylic acids is 1. The fraction of sp³-hybridized carbons (Fsp3) is 0.545. The molecule has 0 bridgehead atoms. The summed E-state index contributed by atoms with van der Waals surface area (Å²) in [6.45, 7) is 2.94. The third-order valence-corrected chi connectivity index (χ3v) is 8.07. The Kier molecular flexibility index (Phi) is 5.61. The van der Waals surface area contributed by atoms with Crippen LogP contribution in [0.4, 0.5) is 0 Å². The Balaban J connectivity index is 1.70. The maximum atomic E-state index is 13.6. The molecule has 2 fully saturated rings. The van der Waals surface area contributed by atoms with Gasteiger partial charge in [0, 0.05) is 25.2 Å². The van der Waals surface area contributed by atoms with Crippen LogP contribution >= 0.6 is 0 Å². The number of allylic oxidation sites excluding steroid dienone is 1. The number of nitrogens with zero attached hydrogens (tertiary/aromatic N) is 3. The molecule has 4 rings (SSSR count). The molecule has 1 aromatic carbocycles. The number of rotatable bonds is 3. The van der Waals surface area contributed by atoms with E-state index in [1.54, 1.807) is 37.5 Å². The van der Waals surface area contributed by atoms with Crippen molar-refractivity contribution in [2.24, 2.45) is 16.2 Å². The largest absolute Gasteiger partial charge is 0.497 e. The molecule has 1 aliphatic carbocycles. The first kappa shape index (κ1) is 20.9. The van der Waals surface area contributed by atoms with Crippen molar-refractivity contribution in [3.63, 3.8) is 0 Å². The van der Waals surface area contributed by atoms with E-state index in [9.17, 15) is 13.2 Å². The van der Waals surface area contributed by atoms with Crippen molar-refractivity contribution in [1.82, 2.24) is 9.21 Å². The van der Waals surface area contributed by atoms with Gasteiger partial charge >= 0.3 is 10.2 Å². The molecule has 0 radical (unpaired) electrons. The van der Waals surface area contributed by atoms with Crippen LogP contribution in [-0.4, -0.2) is 56.0 Å². The number of fused-ring (bicyclic) bond motifs is 1. The minimum Gasteiger partial charge on any atom is -0.497 e. The maximum Gasteiger partial charge on any atom is 0.345 e. The average molecular weight is 432 g/mol. The summed E-state index contributed by atoms with van der Waals surface area (Å²) < 4.78 is 35.7. The Hall–Kier alpha value is -2.35. The number of piperidine rings is 1. The highest BCUT2D eigenvalue weighted by atomic mass is 32.2. The van der Waals surface area contributed by atoms with Crippen LogP contribution in [0.25, 0.3) is 0 Å². The molecule has 30 heavy (non-hydrogen) atoms. The van der Waals surface area contributed by atoms with E-state index in [0.717, 1.165) is 30.0 Å². The average Bonchev–Trinajstić information content (AvgIpc) is 2.75. The zero-order valence-electron chi connectivity index (χ0n) is 17.7. The Morgan fingerprint density at radius 1 is 1.20 bits per heavy atom. The van der Waals surface area contributed by atoms with Crippen molar-refractivity contribution in [2.45, 2.75) is 45.1 Å². The number of methoxy groups -OCH3 is 1. The summed E-state index contributed by atoms with van der Waals surface area (Å²) in [6, 6.07) is 7.22. The minimum absolute atomic E-state index is 0.154. The van der Waals surface area contributed by atoms with E-state index < -0.39 is 10.2 Å². The van der Waals surface area contributed by atoms with Crippen LogP contribution in [0.2, 0.25) is 0 Å². The molecule has 1 saturated heterocycles. The number of hydrogen-bond donors (Lipinski definition) is 0. The first-order valence-electron chi connectivity index (χ1n) is 10.6. The Bertz CT molecular complexity index is 1000. The summed E-state index contributed by atoms with van der Waals surface area (Å²) in [6.07, 6.45) is 6.99. The molecule has 0 aromatic heterocycles. The summed E-state index contributed by atoms with van der Waals surface area (Å²) in [5.74, 6) is 1.46. The van der Waals surface area contributed by atoms with Crippen LogP contribution in [0.15, 0.2) is 40.4 Å². The van der Waals surface area contributed by atoms with E-state index in [1.165, 1.54) is 13.5 Å². The molecule has 0 N–H and O–H groups in total. The van der Waals surface area contributed by atoms with Crippen LogP contribution in [0, 0.1) is 11.8 Å². The van der Waals surface area contributed by atoms with Gasteiger partial charge in [0.1, 0.15) is 11.4 Å². The van der Waals surface area contributed by atoms with Crippen molar-refractivity contribution in [1.29, 1.82) is 0 Å². The standard InChI is InChI=1S/C22H29N3O4S/c1-15-11-12-25(20-10-5-4-9-18(15)20)22(26)21-14-19(23-30(27,28)24(21)2)16-7-6-8-17(13-16)29-3/h6-8,13-15,18,20H,4-5,9-12H2,1-3H3/t15-,18-,20+/m0/s1. The lowest BCUT2D eigenvalue weighted by Crippen LogP contribution is -2.54. The molecule has 2 aliphatic heterocycles. The van der Waals surface area contributed by atoms with E-state index in [2.05, 4.69) is 11.3 Å². The predicted molar refractivity (Wildman–Crippen MR) is 116 cm³/mol. The lowest BCUT2D eigenvalue weighted by atomic mass is 9.72. The van der Waals surface area contributed by atoms with Gasteiger partial charge in [-0.2, -0.15) is 8.42 Å². The van der Waals surface area contributed by atoms with Crippen molar-refractivity contribution in [2.75, 3.05) is 20.7 Å². The second-order valence-electron chi connectivity index (χ2n) is 8.46. The fourth-order valence-corrected chi connectivity index (χ4v) is 5.89. The Morgan fingerprint density at radius 3 is 2.73 bits per heavy atom. The van der Waals surface area contributed by atoms with Gasteiger partial charge in [-0.3, -0.25) is 4.79 Å². The SMILES string of the molecule is COc1cccc(C2=NS(=O)(=O)N(C)C(C(=O)N3CC[C@H](C)[C@@H]4CCCC[C@H]43)=C2)c1.